The monoisotopic (exact) mass is 451 g/mol. The van der Waals surface area contributed by atoms with E-state index in [0.717, 1.165) is 35.3 Å². The van der Waals surface area contributed by atoms with E-state index in [9.17, 15) is 18.0 Å². The number of benzene rings is 1. The molecule has 1 aliphatic heterocycles. The largest absolute Gasteiger partial charge is 0.483 e. The van der Waals surface area contributed by atoms with Gasteiger partial charge in [-0.15, -0.1) is 11.3 Å². The number of carbonyl (C=O) groups is 2. The third-order valence-electron chi connectivity index (χ3n) is 4.67. The van der Waals surface area contributed by atoms with Crippen LogP contribution in [0, 0.1) is 13.8 Å². The number of carbonyl (C=O) groups excluding carboxylic acids is 2. The Labute approximate surface area is 180 Å². The van der Waals surface area contributed by atoms with Gasteiger partial charge < -0.3 is 4.74 Å². The van der Waals surface area contributed by atoms with E-state index in [1.807, 2.05) is 32.0 Å². The van der Waals surface area contributed by atoms with Crippen LogP contribution in [-0.2, 0) is 26.0 Å². The number of hydrogen-bond acceptors (Lipinski definition) is 6. The molecule has 8 nitrogen and oxygen atoms in total. The number of ether oxygens (including phenoxy) is 1. The van der Waals surface area contributed by atoms with E-state index in [-0.39, 0.29) is 17.2 Å². The Kier molecular flexibility index (Phi) is 7.11. The second-order valence-corrected chi connectivity index (χ2v) is 10.5. The molecule has 0 unspecified atom stereocenters. The lowest BCUT2D eigenvalue weighted by Crippen LogP contribution is -2.44. The van der Waals surface area contributed by atoms with Gasteiger partial charge in [-0.05, 0) is 56.0 Å². The molecule has 2 heterocycles. The molecule has 1 aliphatic rings. The van der Waals surface area contributed by atoms with Gasteiger partial charge in [0.05, 0.1) is 6.42 Å². The molecule has 10 heteroatoms. The van der Waals surface area contributed by atoms with Gasteiger partial charge in [0.25, 0.3) is 15.9 Å². The molecule has 0 bridgehead atoms. The molecule has 162 valence electrons. The summed E-state index contributed by atoms with van der Waals surface area (Å²) in [4.78, 5) is 24.6. The zero-order valence-electron chi connectivity index (χ0n) is 16.9. The minimum atomic E-state index is -3.49. The maximum absolute atomic E-state index is 12.5. The Morgan fingerprint density at radius 1 is 1.07 bits per heavy atom. The number of hydrazine groups is 1. The van der Waals surface area contributed by atoms with Crippen LogP contribution < -0.4 is 15.6 Å². The summed E-state index contributed by atoms with van der Waals surface area (Å²) < 4.78 is 32.3. The molecule has 1 fully saturated rings. The van der Waals surface area contributed by atoms with E-state index in [1.165, 1.54) is 10.4 Å². The topological polar surface area (TPSA) is 105 Å². The standard InChI is InChI=1S/C20H25N3O5S2/c1-14-5-6-15(2)17(11-14)28-13-19(25)22-21-18(24)12-16-7-8-20(29-16)30(26,27)23-9-3-4-10-23/h5-8,11H,3-4,9-10,12-13H2,1-2H3,(H,21,24)(H,22,25). The van der Waals surface area contributed by atoms with E-state index < -0.39 is 21.8 Å². The first-order chi connectivity index (χ1) is 14.3. The zero-order chi connectivity index (χ0) is 21.7. The van der Waals surface area contributed by atoms with Crippen molar-refractivity contribution in [1.82, 2.24) is 15.2 Å². The summed E-state index contributed by atoms with van der Waals surface area (Å²) in [5.74, 6) is -0.323. The van der Waals surface area contributed by atoms with Crippen molar-refractivity contribution >= 4 is 33.2 Å². The van der Waals surface area contributed by atoms with Gasteiger partial charge in [0, 0.05) is 18.0 Å². The number of aryl methyl sites for hydroxylation is 2. The summed E-state index contributed by atoms with van der Waals surface area (Å²) in [6.45, 7) is 4.65. The fourth-order valence-corrected chi connectivity index (χ4v) is 6.06. The smallest absolute Gasteiger partial charge is 0.276 e. The van der Waals surface area contributed by atoms with Crippen LogP contribution in [0.25, 0.3) is 0 Å². The molecule has 1 aromatic carbocycles. The molecule has 0 atom stereocenters. The molecule has 0 saturated carbocycles. The predicted octanol–water partition coefficient (Wildman–Crippen LogP) is 1.92. The van der Waals surface area contributed by atoms with Crippen molar-refractivity contribution in [1.29, 1.82) is 0 Å². The molecule has 0 radical (unpaired) electrons. The normalized spacial score (nSPS) is 14.5. The van der Waals surface area contributed by atoms with Crippen molar-refractivity contribution in [2.24, 2.45) is 0 Å². The van der Waals surface area contributed by atoms with Crippen molar-refractivity contribution in [2.45, 2.75) is 37.3 Å². The highest BCUT2D eigenvalue weighted by molar-refractivity contribution is 7.91. The van der Waals surface area contributed by atoms with Crippen molar-refractivity contribution in [3.8, 4) is 5.75 Å². The molecule has 0 spiro atoms. The number of hydrogen-bond donors (Lipinski definition) is 2. The number of amides is 2. The second kappa shape index (κ2) is 9.59. The summed E-state index contributed by atoms with van der Waals surface area (Å²) in [7, 11) is -3.49. The quantitative estimate of drug-likeness (QED) is 0.626. The summed E-state index contributed by atoms with van der Waals surface area (Å²) in [6.07, 6.45) is 1.71. The van der Waals surface area contributed by atoms with E-state index in [2.05, 4.69) is 10.9 Å². The molecule has 2 amide bonds. The molecule has 0 aliphatic carbocycles. The Hall–Kier alpha value is -2.43. The van der Waals surface area contributed by atoms with Gasteiger partial charge in [-0.1, -0.05) is 12.1 Å². The van der Waals surface area contributed by atoms with Crippen LogP contribution in [0.4, 0.5) is 0 Å². The molecule has 1 saturated heterocycles. The van der Waals surface area contributed by atoms with Gasteiger partial charge in [-0.3, -0.25) is 20.4 Å². The van der Waals surface area contributed by atoms with Crippen LogP contribution in [0.1, 0.15) is 28.8 Å². The fraction of sp³-hybridized carbons (Fsp3) is 0.400. The molecule has 1 aromatic heterocycles. The van der Waals surface area contributed by atoms with Crippen LogP contribution in [-0.4, -0.2) is 44.2 Å². The Balaban J connectivity index is 1.46. The van der Waals surface area contributed by atoms with Crippen molar-refractivity contribution in [3.63, 3.8) is 0 Å². The lowest BCUT2D eigenvalue weighted by Gasteiger charge is -2.13. The molecule has 2 N–H and O–H groups in total. The van der Waals surface area contributed by atoms with Crippen LogP contribution in [0.3, 0.4) is 0 Å². The SMILES string of the molecule is Cc1ccc(C)c(OCC(=O)NNC(=O)Cc2ccc(S(=O)(=O)N3CCCC3)s2)c1. The second-order valence-electron chi connectivity index (χ2n) is 7.16. The summed E-state index contributed by atoms with van der Waals surface area (Å²) >= 11 is 1.07. The molecule has 30 heavy (non-hydrogen) atoms. The Bertz CT molecular complexity index is 1030. The average molecular weight is 452 g/mol. The average Bonchev–Trinajstić information content (AvgIpc) is 3.40. The third-order valence-corrected chi connectivity index (χ3v) is 8.13. The van der Waals surface area contributed by atoms with Gasteiger partial charge >= 0.3 is 0 Å². The van der Waals surface area contributed by atoms with Crippen LogP contribution in [0.2, 0.25) is 0 Å². The third kappa shape index (κ3) is 5.59. The zero-order valence-corrected chi connectivity index (χ0v) is 18.6. The molecular formula is C20H25N3O5S2. The minimum Gasteiger partial charge on any atom is -0.483 e. The van der Waals surface area contributed by atoms with Gasteiger partial charge in [-0.25, -0.2) is 8.42 Å². The van der Waals surface area contributed by atoms with Crippen molar-refractivity contribution in [3.05, 3.63) is 46.3 Å². The number of sulfonamides is 1. The van der Waals surface area contributed by atoms with Gasteiger partial charge in [-0.2, -0.15) is 4.31 Å². The summed E-state index contributed by atoms with van der Waals surface area (Å²) in [5.41, 5.74) is 6.56. The Morgan fingerprint density at radius 3 is 2.50 bits per heavy atom. The van der Waals surface area contributed by atoms with Crippen LogP contribution >= 0.6 is 11.3 Å². The first kappa shape index (κ1) is 22.3. The maximum Gasteiger partial charge on any atom is 0.276 e. The highest BCUT2D eigenvalue weighted by atomic mass is 32.2. The van der Waals surface area contributed by atoms with E-state index in [4.69, 9.17) is 4.74 Å². The molecule has 2 aromatic rings. The lowest BCUT2D eigenvalue weighted by molar-refractivity contribution is -0.129. The number of nitrogens with one attached hydrogen (secondary N) is 2. The fourth-order valence-electron chi connectivity index (χ4n) is 3.03. The van der Waals surface area contributed by atoms with E-state index >= 15 is 0 Å². The summed E-state index contributed by atoms with van der Waals surface area (Å²) in [6, 6.07) is 8.85. The number of thiophene rings is 1. The van der Waals surface area contributed by atoms with Gasteiger partial charge in [0.15, 0.2) is 6.61 Å². The highest BCUT2D eigenvalue weighted by Gasteiger charge is 2.28. The lowest BCUT2D eigenvalue weighted by atomic mass is 10.1. The number of rotatable bonds is 7. The van der Waals surface area contributed by atoms with Crippen molar-refractivity contribution < 1.29 is 22.7 Å². The van der Waals surface area contributed by atoms with Crippen LogP contribution in [0.15, 0.2) is 34.5 Å². The van der Waals surface area contributed by atoms with Gasteiger partial charge in [0.2, 0.25) is 5.91 Å². The van der Waals surface area contributed by atoms with E-state index in [1.54, 1.807) is 6.07 Å². The molecule has 3 rings (SSSR count). The first-order valence-electron chi connectivity index (χ1n) is 9.62. The van der Waals surface area contributed by atoms with E-state index in [0.29, 0.717) is 23.7 Å². The first-order valence-corrected chi connectivity index (χ1v) is 11.9. The Morgan fingerprint density at radius 2 is 1.77 bits per heavy atom. The highest BCUT2D eigenvalue weighted by Crippen LogP contribution is 2.27. The minimum absolute atomic E-state index is 0.0295. The molecular weight excluding hydrogens is 426 g/mol. The number of nitrogens with zero attached hydrogens (tertiary/aromatic N) is 1. The summed E-state index contributed by atoms with van der Waals surface area (Å²) in [5, 5.41) is 0. The predicted molar refractivity (Wildman–Crippen MR) is 114 cm³/mol. The van der Waals surface area contributed by atoms with Crippen molar-refractivity contribution in [2.75, 3.05) is 19.7 Å². The van der Waals surface area contributed by atoms with Crippen LogP contribution in [0.5, 0.6) is 5.75 Å². The maximum atomic E-state index is 12.5. The van der Waals surface area contributed by atoms with Gasteiger partial charge in [0.1, 0.15) is 9.96 Å².